The third-order valence-corrected chi connectivity index (χ3v) is 10.5. The Morgan fingerprint density at radius 3 is 1.94 bits per heavy atom. The molecular formula is C40H38F4N2O2S2. The largest absolute Gasteiger partial charge is 0.494 e. The molecule has 2 heterocycles. The normalized spacial score (nSPS) is 12.4. The Hall–Kier alpha value is -4.28. The Morgan fingerprint density at radius 2 is 1.26 bits per heavy atom. The van der Waals surface area contributed by atoms with E-state index in [0.717, 1.165) is 64.4 Å². The van der Waals surface area contributed by atoms with Gasteiger partial charge in [0.2, 0.25) is 0 Å². The molecule has 260 valence electrons. The molecule has 0 saturated carbocycles. The number of rotatable bonds is 15. The first-order chi connectivity index (χ1) is 24.2. The summed E-state index contributed by atoms with van der Waals surface area (Å²) >= 11 is 2.38. The second-order valence-electron chi connectivity index (χ2n) is 12.3. The minimum atomic E-state index is -3.40. The van der Waals surface area contributed by atoms with E-state index in [1.165, 1.54) is 29.5 Å². The molecule has 4 nitrogen and oxygen atoms in total. The summed E-state index contributed by atoms with van der Waals surface area (Å²) in [6, 6.07) is 24.0. The molecule has 0 fully saturated rings. The fourth-order valence-electron chi connectivity index (χ4n) is 5.96. The molecule has 50 heavy (non-hydrogen) atoms. The summed E-state index contributed by atoms with van der Waals surface area (Å²) in [4.78, 5) is 1.43. The van der Waals surface area contributed by atoms with Crippen molar-refractivity contribution in [3.05, 3.63) is 96.6 Å². The number of fused-ring (bicyclic) bond motifs is 1. The molecular weight excluding hydrogens is 681 g/mol. The van der Waals surface area contributed by atoms with Gasteiger partial charge in [0.25, 0.3) is 0 Å². The lowest BCUT2D eigenvalue weighted by atomic mass is 9.97. The molecule has 0 aliphatic heterocycles. The fraction of sp³-hybridized carbons (Fsp3) is 0.300. The van der Waals surface area contributed by atoms with Crippen LogP contribution in [-0.4, -0.2) is 21.5 Å². The summed E-state index contributed by atoms with van der Waals surface area (Å²) in [6.45, 7) is 6.44. The smallest absolute Gasteiger partial charge is 0.400 e. The van der Waals surface area contributed by atoms with Crippen molar-refractivity contribution >= 4 is 34.1 Å². The third-order valence-electron chi connectivity index (χ3n) is 8.83. The Kier molecular flexibility index (Phi) is 11.2. The molecule has 0 aliphatic rings. The van der Waals surface area contributed by atoms with Crippen molar-refractivity contribution in [1.29, 1.82) is 0 Å². The number of hydrogen-bond acceptors (Lipinski definition) is 6. The number of thiophene rings is 1. The second kappa shape index (κ2) is 15.7. The number of halogens is 4. The fourth-order valence-corrected chi connectivity index (χ4v) is 7.59. The lowest BCUT2D eigenvalue weighted by molar-refractivity contribution is -0.218. The van der Waals surface area contributed by atoms with Gasteiger partial charge < -0.3 is 9.47 Å². The lowest BCUT2D eigenvalue weighted by Crippen LogP contribution is -2.34. The number of unbranched alkanes of at least 4 members (excludes halogenated alkanes) is 2. The molecule has 0 bridgehead atoms. The highest BCUT2D eigenvalue weighted by Crippen LogP contribution is 2.42. The van der Waals surface area contributed by atoms with Gasteiger partial charge in [-0.1, -0.05) is 76.4 Å². The van der Waals surface area contributed by atoms with E-state index in [0.29, 0.717) is 46.5 Å². The van der Waals surface area contributed by atoms with Crippen molar-refractivity contribution in [3.63, 3.8) is 0 Å². The zero-order valence-corrected chi connectivity index (χ0v) is 29.8. The number of alkyl halides is 2. The SMILES string of the molecule is CCCCOc1ccc(-c2ccc(-c3ccc(-c4ccc(-c5ccc(OC(F)(F)C(CC)CCCC)cc5F)s4)c4nsnc34)c(F)c2)cc1. The molecule has 0 spiro atoms. The van der Waals surface area contributed by atoms with E-state index in [-0.39, 0.29) is 23.6 Å². The van der Waals surface area contributed by atoms with Crippen LogP contribution in [0.5, 0.6) is 11.5 Å². The highest BCUT2D eigenvalue weighted by molar-refractivity contribution is 7.19. The zero-order chi connectivity index (χ0) is 35.3. The van der Waals surface area contributed by atoms with Crippen molar-refractivity contribution in [1.82, 2.24) is 8.75 Å². The minimum absolute atomic E-state index is 0.209. The van der Waals surface area contributed by atoms with Gasteiger partial charge in [0, 0.05) is 38.1 Å². The average Bonchev–Trinajstić information content (AvgIpc) is 3.80. The molecule has 0 aliphatic carbocycles. The Bertz CT molecular complexity index is 2060. The van der Waals surface area contributed by atoms with Crippen molar-refractivity contribution < 1.29 is 27.0 Å². The molecule has 6 aromatic rings. The number of benzene rings is 4. The van der Waals surface area contributed by atoms with Crippen molar-refractivity contribution in [2.45, 2.75) is 65.4 Å². The number of ether oxygens (including phenoxy) is 2. The van der Waals surface area contributed by atoms with Crippen molar-refractivity contribution in [3.8, 4) is 54.6 Å². The van der Waals surface area contributed by atoms with Crippen LogP contribution in [0.15, 0.2) is 84.9 Å². The van der Waals surface area contributed by atoms with Crippen LogP contribution in [0, 0.1) is 17.6 Å². The summed E-state index contributed by atoms with van der Waals surface area (Å²) in [5, 5.41) is 0. The van der Waals surface area contributed by atoms with Gasteiger partial charge in [-0.05, 0) is 72.9 Å². The summed E-state index contributed by atoms with van der Waals surface area (Å²) in [5.41, 5.74) is 4.91. The van der Waals surface area contributed by atoms with Gasteiger partial charge in [0.1, 0.15) is 34.2 Å². The highest BCUT2D eigenvalue weighted by Gasteiger charge is 2.40. The van der Waals surface area contributed by atoms with Crippen molar-refractivity contribution in [2.75, 3.05) is 6.61 Å². The molecule has 1 unspecified atom stereocenters. The predicted molar refractivity (Wildman–Crippen MR) is 196 cm³/mol. The highest BCUT2D eigenvalue weighted by atomic mass is 32.1. The van der Waals surface area contributed by atoms with Crippen LogP contribution in [0.1, 0.15) is 59.3 Å². The van der Waals surface area contributed by atoms with E-state index in [4.69, 9.17) is 9.47 Å². The monoisotopic (exact) mass is 718 g/mol. The molecule has 4 aromatic carbocycles. The first-order valence-electron chi connectivity index (χ1n) is 17.0. The molecule has 0 saturated heterocycles. The van der Waals surface area contributed by atoms with E-state index in [1.807, 2.05) is 55.5 Å². The number of nitrogens with zero attached hydrogens (tertiary/aromatic N) is 2. The van der Waals surface area contributed by atoms with E-state index >= 15 is 8.78 Å². The summed E-state index contributed by atoms with van der Waals surface area (Å²) < 4.78 is 80.6. The molecule has 0 N–H and O–H groups in total. The third kappa shape index (κ3) is 7.71. The topological polar surface area (TPSA) is 44.2 Å². The van der Waals surface area contributed by atoms with Crippen LogP contribution in [0.4, 0.5) is 17.6 Å². The van der Waals surface area contributed by atoms with Crippen LogP contribution in [-0.2, 0) is 0 Å². The van der Waals surface area contributed by atoms with Crippen LogP contribution in [0.3, 0.4) is 0 Å². The standard InChI is InChI=1S/C40H38F4N2O2S2/c1-4-7-9-27(6-3)40(43,44)48-29-15-17-32(35(42)24-29)36-20-21-37(49-36)33-19-18-31(38-39(33)46-50-45-38)30-16-12-26(23-34(30)41)25-10-13-28(14-11-25)47-22-8-5-2/h10-21,23-24,27H,4-9,22H2,1-3H3. The maximum absolute atomic E-state index is 15.7. The lowest BCUT2D eigenvalue weighted by Gasteiger charge is -2.26. The van der Waals surface area contributed by atoms with E-state index in [2.05, 4.69) is 15.7 Å². The van der Waals surface area contributed by atoms with Gasteiger partial charge in [0.05, 0.1) is 24.3 Å². The first kappa shape index (κ1) is 35.5. The van der Waals surface area contributed by atoms with Gasteiger partial charge in [-0.3, -0.25) is 0 Å². The summed E-state index contributed by atoms with van der Waals surface area (Å²) in [7, 11) is 0. The summed E-state index contributed by atoms with van der Waals surface area (Å²) in [5.74, 6) is -1.39. The molecule has 2 aromatic heterocycles. The van der Waals surface area contributed by atoms with Crippen LogP contribution in [0.25, 0.3) is 54.2 Å². The maximum Gasteiger partial charge on any atom is 0.400 e. The Labute approximate surface area is 298 Å². The minimum Gasteiger partial charge on any atom is -0.494 e. The van der Waals surface area contributed by atoms with Crippen molar-refractivity contribution in [2.24, 2.45) is 5.92 Å². The molecule has 0 amide bonds. The van der Waals surface area contributed by atoms with Crippen LogP contribution >= 0.6 is 23.1 Å². The van der Waals surface area contributed by atoms with Crippen LogP contribution < -0.4 is 9.47 Å². The zero-order valence-electron chi connectivity index (χ0n) is 28.1. The van der Waals surface area contributed by atoms with Gasteiger partial charge >= 0.3 is 6.11 Å². The molecule has 0 radical (unpaired) electrons. The van der Waals surface area contributed by atoms with E-state index in [1.54, 1.807) is 19.1 Å². The molecule has 1 atom stereocenters. The van der Waals surface area contributed by atoms with E-state index in [9.17, 15) is 8.78 Å². The van der Waals surface area contributed by atoms with E-state index < -0.39 is 17.8 Å². The predicted octanol–water partition coefficient (Wildman–Crippen LogP) is 13.1. The Balaban J connectivity index is 1.22. The summed E-state index contributed by atoms with van der Waals surface area (Å²) in [6.07, 6.45) is 0.744. The van der Waals surface area contributed by atoms with Gasteiger partial charge in [0.15, 0.2) is 0 Å². The van der Waals surface area contributed by atoms with Crippen LogP contribution in [0.2, 0.25) is 0 Å². The first-order valence-corrected chi connectivity index (χ1v) is 18.5. The van der Waals surface area contributed by atoms with Gasteiger partial charge in [-0.2, -0.15) is 17.5 Å². The Morgan fingerprint density at radius 1 is 0.660 bits per heavy atom. The quantitative estimate of drug-likeness (QED) is 0.0783. The van der Waals surface area contributed by atoms with Gasteiger partial charge in [-0.25, -0.2) is 8.78 Å². The van der Waals surface area contributed by atoms with Gasteiger partial charge in [-0.15, -0.1) is 11.3 Å². The number of aromatic nitrogens is 2. The second-order valence-corrected chi connectivity index (χ2v) is 13.9. The maximum atomic E-state index is 15.7. The molecule has 6 rings (SSSR count). The molecule has 10 heteroatoms. The number of hydrogen-bond donors (Lipinski definition) is 0. The average molecular weight is 719 g/mol.